The molecule has 162 valence electrons. The zero-order valence-corrected chi connectivity index (χ0v) is 16.8. The number of alkyl halides is 3. The number of nitrogens with zero attached hydrogens (tertiary/aromatic N) is 2. The first kappa shape index (κ1) is 22.3. The maximum atomic E-state index is 12.9. The molecule has 0 saturated carbocycles. The van der Waals surface area contributed by atoms with Crippen LogP contribution in [0.2, 0.25) is 0 Å². The fourth-order valence-corrected chi connectivity index (χ4v) is 4.82. The predicted molar refractivity (Wildman–Crippen MR) is 103 cm³/mol. The Balaban J connectivity index is 1.61. The Bertz CT molecular complexity index is 999. The minimum absolute atomic E-state index is 0.0532. The second kappa shape index (κ2) is 8.75. The molecule has 2 aromatic rings. The Kier molecular flexibility index (Phi) is 6.49. The Morgan fingerprint density at radius 2 is 1.60 bits per heavy atom. The zero-order chi connectivity index (χ0) is 21.9. The van der Waals surface area contributed by atoms with Crippen LogP contribution in [0.4, 0.5) is 13.2 Å². The minimum Gasteiger partial charge on any atom is -0.481 e. The van der Waals surface area contributed by atoms with Gasteiger partial charge in [-0.2, -0.15) is 17.5 Å². The fraction of sp³-hybridized carbons (Fsp3) is 0.350. The monoisotopic (exact) mass is 442 g/mol. The SMILES string of the molecule is O=C(O)Cc1cccc(S(=O)(=O)N2CCN(Cc3ccc(C(F)(F)F)cc3)CC2)c1. The fourth-order valence-electron chi connectivity index (χ4n) is 3.32. The average molecular weight is 442 g/mol. The molecule has 1 heterocycles. The summed E-state index contributed by atoms with van der Waals surface area (Å²) < 4.78 is 65.1. The number of carboxylic acid groups (broad SMARTS) is 1. The maximum Gasteiger partial charge on any atom is 0.416 e. The molecule has 0 spiro atoms. The van der Waals surface area contributed by atoms with E-state index in [4.69, 9.17) is 5.11 Å². The first-order valence-corrected chi connectivity index (χ1v) is 10.7. The van der Waals surface area contributed by atoms with Crippen LogP contribution < -0.4 is 0 Å². The number of hydrogen-bond acceptors (Lipinski definition) is 4. The van der Waals surface area contributed by atoms with Crippen LogP contribution >= 0.6 is 0 Å². The zero-order valence-electron chi connectivity index (χ0n) is 16.0. The van der Waals surface area contributed by atoms with E-state index in [1.54, 1.807) is 6.07 Å². The number of rotatable bonds is 6. The van der Waals surface area contributed by atoms with E-state index in [1.165, 1.54) is 34.6 Å². The molecule has 1 aliphatic rings. The number of hydrogen-bond donors (Lipinski definition) is 1. The molecule has 0 radical (unpaired) electrons. The van der Waals surface area contributed by atoms with Gasteiger partial charge in [0, 0.05) is 32.7 Å². The van der Waals surface area contributed by atoms with Gasteiger partial charge < -0.3 is 5.11 Å². The molecular formula is C20H21F3N2O4S. The maximum absolute atomic E-state index is 12.9. The molecule has 30 heavy (non-hydrogen) atoms. The van der Waals surface area contributed by atoms with Gasteiger partial charge in [0.2, 0.25) is 10.0 Å². The van der Waals surface area contributed by atoms with Crippen molar-refractivity contribution in [1.82, 2.24) is 9.21 Å². The van der Waals surface area contributed by atoms with Crippen LogP contribution in [-0.2, 0) is 34.0 Å². The van der Waals surface area contributed by atoms with Gasteiger partial charge in [0.05, 0.1) is 16.9 Å². The quantitative estimate of drug-likeness (QED) is 0.745. The van der Waals surface area contributed by atoms with Crippen molar-refractivity contribution in [2.45, 2.75) is 24.0 Å². The van der Waals surface area contributed by atoms with E-state index in [0.717, 1.165) is 17.7 Å². The van der Waals surface area contributed by atoms with Crippen molar-refractivity contribution >= 4 is 16.0 Å². The standard InChI is InChI=1S/C20H21F3N2O4S/c21-20(22,23)17-6-4-15(5-7-17)14-24-8-10-25(11-9-24)30(28,29)18-3-1-2-16(12-18)13-19(26)27/h1-7,12H,8-11,13-14H2,(H,26,27). The van der Waals surface area contributed by atoms with E-state index in [0.29, 0.717) is 25.2 Å². The van der Waals surface area contributed by atoms with Gasteiger partial charge in [-0.15, -0.1) is 0 Å². The third-order valence-corrected chi connectivity index (χ3v) is 6.80. The Morgan fingerprint density at radius 1 is 0.967 bits per heavy atom. The van der Waals surface area contributed by atoms with Gasteiger partial charge in [-0.05, 0) is 35.4 Å². The van der Waals surface area contributed by atoms with Crippen LogP contribution in [0.15, 0.2) is 53.4 Å². The summed E-state index contributed by atoms with van der Waals surface area (Å²) >= 11 is 0. The van der Waals surface area contributed by atoms with Gasteiger partial charge >= 0.3 is 12.1 Å². The van der Waals surface area contributed by atoms with Gasteiger partial charge in [0.1, 0.15) is 0 Å². The lowest BCUT2D eigenvalue weighted by atomic mass is 10.1. The molecule has 1 N–H and O–H groups in total. The highest BCUT2D eigenvalue weighted by molar-refractivity contribution is 7.89. The van der Waals surface area contributed by atoms with Crippen molar-refractivity contribution in [2.75, 3.05) is 26.2 Å². The number of benzene rings is 2. The number of carbonyl (C=O) groups is 1. The highest BCUT2D eigenvalue weighted by Gasteiger charge is 2.31. The van der Waals surface area contributed by atoms with E-state index in [9.17, 15) is 26.4 Å². The molecule has 0 aliphatic carbocycles. The average Bonchev–Trinajstić information content (AvgIpc) is 2.68. The molecule has 1 fully saturated rings. The Morgan fingerprint density at radius 3 is 2.17 bits per heavy atom. The third-order valence-electron chi connectivity index (χ3n) is 4.91. The molecule has 0 unspecified atom stereocenters. The normalized spacial score (nSPS) is 16.5. The van der Waals surface area contributed by atoms with Crippen LogP contribution in [0.1, 0.15) is 16.7 Å². The van der Waals surface area contributed by atoms with Gasteiger partial charge in [-0.3, -0.25) is 9.69 Å². The van der Waals surface area contributed by atoms with E-state index in [-0.39, 0.29) is 24.4 Å². The summed E-state index contributed by atoms with van der Waals surface area (Å²) in [5.41, 5.74) is 0.428. The molecule has 0 bridgehead atoms. The van der Waals surface area contributed by atoms with Crippen LogP contribution in [0.5, 0.6) is 0 Å². The molecule has 0 amide bonds. The van der Waals surface area contributed by atoms with Gasteiger partial charge in [0.25, 0.3) is 0 Å². The summed E-state index contributed by atoms with van der Waals surface area (Å²) in [4.78, 5) is 12.9. The molecule has 1 aliphatic heterocycles. The topological polar surface area (TPSA) is 77.9 Å². The molecule has 1 saturated heterocycles. The summed E-state index contributed by atoms with van der Waals surface area (Å²) in [6.07, 6.45) is -4.63. The molecular weight excluding hydrogens is 421 g/mol. The Hall–Kier alpha value is -2.43. The second-order valence-electron chi connectivity index (χ2n) is 7.09. The van der Waals surface area contributed by atoms with E-state index >= 15 is 0 Å². The van der Waals surface area contributed by atoms with Gasteiger partial charge in [-0.1, -0.05) is 24.3 Å². The molecule has 3 rings (SSSR count). The van der Waals surface area contributed by atoms with Crippen molar-refractivity contribution in [3.63, 3.8) is 0 Å². The van der Waals surface area contributed by atoms with E-state index < -0.39 is 27.7 Å². The summed E-state index contributed by atoms with van der Waals surface area (Å²) in [6, 6.07) is 10.8. The smallest absolute Gasteiger partial charge is 0.416 e. The van der Waals surface area contributed by atoms with Crippen molar-refractivity contribution in [2.24, 2.45) is 0 Å². The lowest BCUT2D eigenvalue weighted by molar-refractivity contribution is -0.138. The highest BCUT2D eigenvalue weighted by Crippen LogP contribution is 2.29. The number of piperazine rings is 1. The molecule has 6 nitrogen and oxygen atoms in total. The lowest BCUT2D eigenvalue weighted by Gasteiger charge is -2.34. The summed E-state index contributed by atoms with van der Waals surface area (Å²) in [5, 5.41) is 8.89. The predicted octanol–water partition coefficient (Wildman–Crippen LogP) is 2.84. The molecule has 2 aromatic carbocycles. The first-order chi connectivity index (χ1) is 14.1. The molecule has 0 aromatic heterocycles. The highest BCUT2D eigenvalue weighted by atomic mass is 32.2. The summed E-state index contributed by atoms with van der Waals surface area (Å²) in [6.45, 7) is 1.79. The third kappa shape index (κ3) is 5.38. The Labute approximate surface area is 172 Å². The summed E-state index contributed by atoms with van der Waals surface area (Å²) in [7, 11) is -3.75. The largest absolute Gasteiger partial charge is 0.481 e. The van der Waals surface area contributed by atoms with E-state index in [1.807, 2.05) is 4.90 Å². The van der Waals surface area contributed by atoms with Crippen molar-refractivity contribution in [1.29, 1.82) is 0 Å². The van der Waals surface area contributed by atoms with Crippen molar-refractivity contribution in [3.8, 4) is 0 Å². The minimum atomic E-state index is -4.37. The van der Waals surface area contributed by atoms with Crippen LogP contribution in [0, 0.1) is 0 Å². The van der Waals surface area contributed by atoms with Crippen molar-refractivity contribution < 1.29 is 31.5 Å². The van der Waals surface area contributed by atoms with Crippen LogP contribution in [-0.4, -0.2) is 54.9 Å². The molecule has 10 heteroatoms. The van der Waals surface area contributed by atoms with Gasteiger partial charge in [0.15, 0.2) is 0 Å². The van der Waals surface area contributed by atoms with Crippen LogP contribution in [0.25, 0.3) is 0 Å². The summed E-state index contributed by atoms with van der Waals surface area (Å²) in [5.74, 6) is -1.04. The second-order valence-corrected chi connectivity index (χ2v) is 9.03. The number of sulfonamides is 1. The van der Waals surface area contributed by atoms with Crippen molar-refractivity contribution in [3.05, 3.63) is 65.2 Å². The van der Waals surface area contributed by atoms with Gasteiger partial charge in [-0.25, -0.2) is 8.42 Å². The molecule has 0 atom stereocenters. The lowest BCUT2D eigenvalue weighted by Crippen LogP contribution is -2.48. The van der Waals surface area contributed by atoms with Crippen LogP contribution in [0.3, 0.4) is 0 Å². The van der Waals surface area contributed by atoms with E-state index in [2.05, 4.69) is 0 Å². The first-order valence-electron chi connectivity index (χ1n) is 9.25. The number of halogens is 3. The number of carboxylic acids is 1. The number of aliphatic carboxylic acids is 1.